The van der Waals surface area contributed by atoms with Crippen molar-refractivity contribution < 1.29 is 9.72 Å². The molecule has 0 aromatic carbocycles. The van der Waals surface area contributed by atoms with E-state index < -0.39 is 4.92 Å². The van der Waals surface area contributed by atoms with Crippen LogP contribution < -0.4 is 0 Å². The van der Waals surface area contributed by atoms with Crippen molar-refractivity contribution in [3.05, 3.63) is 45.7 Å². The van der Waals surface area contributed by atoms with Gasteiger partial charge >= 0.3 is 0 Å². The molecule has 1 rings (SSSR count). The maximum Gasteiger partial charge on any atom is 0.262 e. The van der Waals surface area contributed by atoms with Gasteiger partial charge < -0.3 is 4.90 Å². The molecule has 1 aliphatic rings. The Labute approximate surface area is 87.5 Å². The summed E-state index contributed by atoms with van der Waals surface area (Å²) < 4.78 is 0. The molecule has 1 aliphatic heterocycles. The molecule has 1 amide bonds. The van der Waals surface area contributed by atoms with Crippen LogP contribution in [0.25, 0.3) is 0 Å². The van der Waals surface area contributed by atoms with E-state index in [2.05, 4.69) is 6.58 Å². The summed E-state index contributed by atoms with van der Waals surface area (Å²) in [6, 6.07) is 0. The van der Waals surface area contributed by atoms with Gasteiger partial charge in [-0.1, -0.05) is 0 Å². The van der Waals surface area contributed by atoms with Gasteiger partial charge in [-0.3, -0.25) is 14.9 Å². The van der Waals surface area contributed by atoms with Gasteiger partial charge in [0.15, 0.2) is 0 Å². The quantitative estimate of drug-likeness (QED) is 0.504. The summed E-state index contributed by atoms with van der Waals surface area (Å²) in [6.45, 7) is 5.37. The third kappa shape index (κ3) is 2.52. The summed E-state index contributed by atoms with van der Waals surface area (Å²) in [7, 11) is 1.65. The van der Waals surface area contributed by atoms with E-state index >= 15 is 0 Å². The molecule has 0 spiro atoms. The third-order valence-corrected chi connectivity index (χ3v) is 2.09. The monoisotopic (exact) mass is 208 g/mol. The van der Waals surface area contributed by atoms with Crippen molar-refractivity contribution in [3.63, 3.8) is 0 Å². The molecule has 0 aromatic rings. The highest BCUT2D eigenvalue weighted by atomic mass is 16.6. The van der Waals surface area contributed by atoms with Crippen molar-refractivity contribution in [2.45, 2.75) is 6.92 Å². The summed E-state index contributed by atoms with van der Waals surface area (Å²) in [6.07, 6.45) is 3.03. The van der Waals surface area contributed by atoms with E-state index in [0.717, 1.165) is 5.57 Å². The molecule has 15 heavy (non-hydrogen) atoms. The van der Waals surface area contributed by atoms with Crippen molar-refractivity contribution in [1.82, 2.24) is 4.90 Å². The number of likely N-dealkylation sites (N-methyl/N-ethyl adjacent to an activating group) is 1. The van der Waals surface area contributed by atoms with Gasteiger partial charge in [0.05, 0.1) is 4.92 Å². The van der Waals surface area contributed by atoms with Crippen LogP contribution in [0.3, 0.4) is 0 Å². The molecule has 0 unspecified atom stereocenters. The van der Waals surface area contributed by atoms with Crippen LogP contribution in [-0.2, 0) is 4.79 Å². The number of carbonyl (C=O) groups excluding carboxylic acids is 1. The van der Waals surface area contributed by atoms with E-state index in [-0.39, 0.29) is 11.6 Å². The molecule has 5 nitrogen and oxygen atoms in total. The minimum absolute atomic E-state index is 0.0566. The zero-order valence-electron chi connectivity index (χ0n) is 8.69. The Balaban J connectivity index is 2.95. The van der Waals surface area contributed by atoms with Crippen LogP contribution in [0.2, 0.25) is 0 Å². The van der Waals surface area contributed by atoms with Crippen LogP contribution in [0, 0.1) is 10.1 Å². The molecule has 0 bridgehead atoms. The fourth-order valence-corrected chi connectivity index (χ4v) is 1.39. The topological polar surface area (TPSA) is 63.5 Å². The summed E-state index contributed by atoms with van der Waals surface area (Å²) in [5.41, 5.74) is 1.12. The highest BCUT2D eigenvalue weighted by molar-refractivity contribution is 5.94. The van der Waals surface area contributed by atoms with Gasteiger partial charge in [0.2, 0.25) is 5.91 Å². The molecule has 80 valence electrons. The van der Waals surface area contributed by atoms with Gasteiger partial charge in [-0.05, 0) is 25.2 Å². The van der Waals surface area contributed by atoms with Crippen LogP contribution >= 0.6 is 0 Å². The van der Waals surface area contributed by atoms with Gasteiger partial charge in [-0.15, -0.1) is 0 Å². The molecule has 1 heterocycles. The number of allylic oxidation sites excluding steroid dienone is 1. The highest BCUT2D eigenvalue weighted by Gasteiger charge is 2.18. The lowest BCUT2D eigenvalue weighted by Crippen LogP contribution is -2.32. The number of hydrogen-bond donors (Lipinski definition) is 0. The number of nitro groups is 1. The molecule has 0 saturated heterocycles. The van der Waals surface area contributed by atoms with Gasteiger partial charge in [-0.2, -0.15) is 0 Å². The molecule has 5 heteroatoms. The zero-order chi connectivity index (χ0) is 11.6. The Morgan fingerprint density at radius 3 is 2.80 bits per heavy atom. The maximum atomic E-state index is 11.4. The fraction of sp³-hybridized carbons (Fsp3) is 0.300. The summed E-state index contributed by atoms with van der Waals surface area (Å²) in [5, 5.41) is 10.4. The highest BCUT2D eigenvalue weighted by Crippen LogP contribution is 2.15. The number of nitrogens with zero attached hydrogens (tertiary/aromatic N) is 2. The Kier molecular flexibility index (Phi) is 3.04. The van der Waals surface area contributed by atoms with Crippen molar-refractivity contribution in [2.75, 3.05) is 13.6 Å². The fourth-order valence-electron chi connectivity index (χ4n) is 1.39. The first-order valence-corrected chi connectivity index (χ1v) is 4.39. The second kappa shape index (κ2) is 4.08. The third-order valence-electron chi connectivity index (χ3n) is 2.09. The molecule has 0 radical (unpaired) electrons. The summed E-state index contributed by atoms with van der Waals surface area (Å²) in [4.78, 5) is 22.7. The van der Waals surface area contributed by atoms with Gasteiger partial charge in [0.25, 0.3) is 5.70 Å². The van der Waals surface area contributed by atoms with Crippen molar-refractivity contribution in [2.24, 2.45) is 0 Å². The standard InChI is InChI=1S/C10H12N2O3/c1-7-4-9(5-8(2)12(14)15)6-11(3)10(7)13/h4-5H,2,6H2,1,3H3/b9-5-. The largest absolute Gasteiger partial charge is 0.338 e. The first-order valence-electron chi connectivity index (χ1n) is 4.39. The lowest BCUT2D eigenvalue weighted by molar-refractivity contribution is -0.418. The first-order chi connectivity index (χ1) is 6.91. The first kappa shape index (κ1) is 11.2. The lowest BCUT2D eigenvalue weighted by atomic mass is 10.1. The van der Waals surface area contributed by atoms with Gasteiger partial charge in [0, 0.05) is 25.2 Å². The predicted octanol–water partition coefficient (Wildman–Crippen LogP) is 1.12. The maximum absolute atomic E-state index is 11.4. The number of amides is 1. The normalized spacial score (nSPS) is 19.1. The van der Waals surface area contributed by atoms with Crippen LogP contribution in [0.5, 0.6) is 0 Å². The minimum Gasteiger partial charge on any atom is -0.338 e. The van der Waals surface area contributed by atoms with Gasteiger partial charge in [0.1, 0.15) is 0 Å². The molecular weight excluding hydrogens is 196 g/mol. The van der Waals surface area contributed by atoms with Crippen molar-refractivity contribution >= 4 is 5.91 Å². The van der Waals surface area contributed by atoms with E-state index in [4.69, 9.17) is 0 Å². The Hall–Kier alpha value is -1.91. The molecule has 0 fully saturated rings. The lowest BCUT2D eigenvalue weighted by Gasteiger charge is -2.22. The van der Waals surface area contributed by atoms with Crippen LogP contribution in [-0.4, -0.2) is 29.3 Å². The van der Waals surface area contributed by atoms with Crippen LogP contribution in [0.15, 0.2) is 35.6 Å². The van der Waals surface area contributed by atoms with Gasteiger partial charge in [-0.25, -0.2) is 0 Å². The Morgan fingerprint density at radius 2 is 2.33 bits per heavy atom. The van der Waals surface area contributed by atoms with Crippen LogP contribution in [0.4, 0.5) is 0 Å². The van der Waals surface area contributed by atoms with Crippen LogP contribution in [0.1, 0.15) is 6.92 Å². The Bertz CT molecular complexity index is 393. The SMILES string of the molecule is C=C(/C=C1/C=C(C)C(=O)N(C)C1)[N+](=O)[O-]. The summed E-state index contributed by atoms with van der Waals surface area (Å²) >= 11 is 0. The smallest absolute Gasteiger partial charge is 0.262 e. The number of carbonyl (C=O) groups is 1. The molecule has 0 aliphatic carbocycles. The Morgan fingerprint density at radius 1 is 1.73 bits per heavy atom. The molecule has 0 atom stereocenters. The minimum atomic E-state index is -0.549. The van der Waals surface area contributed by atoms with E-state index in [1.54, 1.807) is 20.0 Å². The second-order valence-corrected chi connectivity index (χ2v) is 3.46. The molecule has 0 aromatic heterocycles. The average Bonchev–Trinajstić information content (AvgIpc) is 2.13. The predicted molar refractivity (Wildman–Crippen MR) is 55.6 cm³/mol. The average molecular weight is 208 g/mol. The summed E-state index contributed by atoms with van der Waals surface area (Å²) in [5.74, 6) is -0.0566. The molecular formula is C10H12N2O3. The van der Waals surface area contributed by atoms with E-state index in [0.29, 0.717) is 12.1 Å². The number of rotatable bonds is 2. The van der Waals surface area contributed by atoms with Crippen molar-refractivity contribution in [1.29, 1.82) is 0 Å². The van der Waals surface area contributed by atoms with E-state index in [1.165, 1.54) is 11.0 Å². The number of hydrogen-bond acceptors (Lipinski definition) is 3. The van der Waals surface area contributed by atoms with E-state index in [1.807, 2.05) is 0 Å². The molecule has 0 saturated carbocycles. The molecule has 0 N–H and O–H groups in total. The second-order valence-electron chi connectivity index (χ2n) is 3.46. The van der Waals surface area contributed by atoms with Crippen molar-refractivity contribution in [3.8, 4) is 0 Å². The van der Waals surface area contributed by atoms with E-state index in [9.17, 15) is 14.9 Å². The zero-order valence-corrected chi connectivity index (χ0v) is 8.69.